The molecule has 1 unspecified atom stereocenters. The molecule has 0 aromatic heterocycles. The van der Waals surface area contributed by atoms with Crippen molar-refractivity contribution in [2.75, 3.05) is 81.1 Å². The zero-order valence-corrected chi connectivity index (χ0v) is 72.2. The van der Waals surface area contributed by atoms with Crippen molar-refractivity contribution >= 4 is 64.0 Å². The fourth-order valence-electron chi connectivity index (χ4n) is 10.6. The summed E-state index contributed by atoms with van der Waals surface area (Å²) in [6.07, 6.45) is 23.3. The number of carbonyl (C=O) groups excluding carboxylic acids is 9. The van der Waals surface area contributed by atoms with E-state index in [0.29, 0.717) is 93.1 Å². The first-order valence-corrected chi connectivity index (χ1v) is 39.5. The molecule has 9 rings (SSSR count). The number of esters is 1. The molecule has 0 radical (unpaired) electrons. The highest BCUT2D eigenvalue weighted by Gasteiger charge is 2.41. The Morgan fingerprint density at radius 1 is 0.458 bits per heavy atom. The van der Waals surface area contributed by atoms with E-state index in [4.69, 9.17) is 37.9 Å². The van der Waals surface area contributed by atoms with Gasteiger partial charge in [0, 0.05) is 66.1 Å². The van der Waals surface area contributed by atoms with Gasteiger partial charge in [0.2, 0.25) is 5.75 Å². The zero-order chi connectivity index (χ0) is 82.8. The topological polar surface area (TPSA) is 237 Å². The van der Waals surface area contributed by atoms with E-state index < -0.39 is 0 Å². The van der Waals surface area contributed by atoms with Crippen molar-refractivity contribution in [3.8, 4) is 34.5 Å². The van der Waals surface area contributed by atoms with Crippen LogP contribution in [0, 0.1) is 43.4 Å². The molecule has 4 aromatic carbocycles. The van der Waals surface area contributed by atoms with E-state index in [1.807, 2.05) is 79.3 Å². The van der Waals surface area contributed by atoms with E-state index in [9.17, 15) is 43.2 Å². The number of aryl methyl sites for hydroxylation is 3. The summed E-state index contributed by atoms with van der Waals surface area (Å²) in [5.41, 5.74) is 6.15. The third-order valence-corrected chi connectivity index (χ3v) is 18.4. The Balaban J connectivity index is -0.000000548. The molecule has 0 amide bonds. The SMILES string of the molecule is CC.CC(=O)C1(C)CC1.CC(=O)C1(C)CCCCC1.CC(=O)C1CC1.CC(=O)C1CCCCC1.CC(=O)c1c(C)cc(C)cc1C.CC1CCCCO1.CCOC(C)=O.CCOCC.CCSC.COc1cc(C(C)=O)cc(OC)c1OC.COc1ccc(C(C)=O)cc1.COc1cccc(OC)c1C(C)=O. The number of hydrogen-bond acceptors (Lipinski definition) is 19. The van der Waals surface area contributed by atoms with Gasteiger partial charge in [-0.05, 0) is 246 Å². The summed E-state index contributed by atoms with van der Waals surface area (Å²) in [6.45, 7) is 41.6. The molecule has 1 aliphatic heterocycles. The van der Waals surface area contributed by atoms with E-state index in [1.165, 1.54) is 125 Å². The first-order chi connectivity index (χ1) is 50.5. The second kappa shape index (κ2) is 62.6. The molecule has 1 saturated heterocycles. The van der Waals surface area contributed by atoms with Crippen LogP contribution in [-0.2, 0) is 38.2 Å². The average Bonchev–Trinajstić information content (AvgIpc) is 1.68. The number of hydrogen-bond donors (Lipinski definition) is 0. The van der Waals surface area contributed by atoms with Gasteiger partial charge >= 0.3 is 5.97 Å². The third kappa shape index (κ3) is 49.5. The number of rotatable bonds is 18. The molecule has 4 aliphatic carbocycles. The lowest BCUT2D eigenvalue weighted by molar-refractivity contribution is -0.140. The van der Waals surface area contributed by atoms with Crippen LogP contribution in [0.2, 0.25) is 0 Å². The highest BCUT2D eigenvalue weighted by Crippen LogP contribution is 2.45. The van der Waals surface area contributed by atoms with Gasteiger partial charge in [0.15, 0.2) is 34.6 Å². The summed E-state index contributed by atoms with van der Waals surface area (Å²) in [6, 6.07) is 19.7. The van der Waals surface area contributed by atoms with Crippen LogP contribution in [0.5, 0.6) is 34.5 Å². The Morgan fingerprint density at radius 3 is 1.08 bits per heavy atom. The predicted octanol–water partition coefficient (Wildman–Crippen LogP) is 21.2. The summed E-state index contributed by atoms with van der Waals surface area (Å²) in [7, 11) is 9.21. The van der Waals surface area contributed by atoms with Crippen molar-refractivity contribution in [3.05, 3.63) is 106 Å². The molecule has 5 fully saturated rings. The largest absolute Gasteiger partial charge is 0.497 e. The Bertz CT molecular complexity index is 3070. The number of carbonyl (C=O) groups is 9. The van der Waals surface area contributed by atoms with Gasteiger partial charge in [-0.1, -0.05) is 96.9 Å². The van der Waals surface area contributed by atoms with E-state index in [0.717, 1.165) is 93.6 Å². The van der Waals surface area contributed by atoms with Gasteiger partial charge in [-0.3, -0.25) is 43.2 Å². The van der Waals surface area contributed by atoms with Gasteiger partial charge in [-0.2, -0.15) is 11.8 Å². The Morgan fingerprint density at radius 2 is 0.860 bits per heavy atom. The minimum Gasteiger partial charge on any atom is -0.497 e. The van der Waals surface area contributed by atoms with Crippen LogP contribution in [0.3, 0.4) is 0 Å². The minimum atomic E-state index is -0.211. The summed E-state index contributed by atoms with van der Waals surface area (Å²) in [4.78, 5) is 97.0. The van der Waals surface area contributed by atoms with Crippen LogP contribution in [0.15, 0.2) is 66.7 Å². The van der Waals surface area contributed by atoms with Crippen LogP contribution >= 0.6 is 11.8 Å². The second-order valence-electron chi connectivity index (χ2n) is 26.8. The van der Waals surface area contributed by atoms with Crippen LogP contribution < -0.4 is 28.4 Å². The molecule has 5 aliphatic rings. The molecule has 18 nitrogen and oxygen atoms in total. The van der Waals surface area contributed by atoms with Crippen molar-refractivity contribution in [1.82, 2.24) is 0 Å². The lowest BCUT2D eigenvalue weighted by Gasteiger charge is -2.30. The summed E-state index contributed by atoms with van der Waals surface area (Å²) >= 11 is 1.86. The smallest absolute Gasteiger partial charge is 0.302 e. The molecule has 1 heterocycles. The van der Waals surface area contributed by atoms with E-state index in [2.05, 4.69) is 31.8 Å². The number of ether oxygens (including phenoxy) is 9. The standard InChI is InChI=1S/C11H14O4.C11H14O.C10H12O3.C9H10O2.C9H16O.C8H14O.C6H10O.C6H12O.C5H8O.C4H8O2.C4H10O.C3H8S.C2H6/c1-7(12)8-5-9(13-2)11(15-4)10(6-8)14-3;1-7-5-8(2)11(10(4)12)9(3)6-7;1-7(11)10-8(12-2)5-4-6-9(10)13-3;1-7(10)8-3-5-9(11-2)6-4-8;1-8(10)9(2)6-4-3-5-7-9;1-7(9)8-5-3-2-4-6-8;1-5(7)6(2)3-4-6;1-6-4-2-3-5-7-6;1-4(6)5-2-3-5;1-3-6-4(2)5;1-3-5-4-2;1-3-4-2;1-2/h5-6H,1-4H3;5-6H,1-4H3;4-6H,1-3H3;3-6H,1-2H3;3-7H2,1-2H3;8H,2-6H2,1H3;3-4H2,1-2H3;6H,2-5H2,1H3;5H,2-3H2,1H3;3H2,1-2H3;3-4H2,1-2H3;3H2,1-2H3;1-2H3. The number of thioether (sulfide) groups is 1. The summed E-state index contributed by atoms with van der Waals surface area (Å²) < 4.78 is 44.9. The van der Waals surface area contributed by atoms with Crippen molar-refractivity contribution in [2.45, 2.75) is 261 Å². The summed E-state index contributed by atoms with van der Waals surface area (Å²) in [5, 5.41) is 0. The Kier molecular flexibility index (Phi) is 62.1. The zero-order valence-electron chi connectivity index (χ0n) is 71.4. The maximum atomic E-state index is 11.2. The molecule has 608 valence electrons. The molecule has 19 heteroatoms. The number of Topliss-reactive ketones (excluding diaryl/α,β-unsaturated/α-hetero) is 8. The quantitative estimate of drug-likeness (QED) is 0.0665. The first kappa shape index (κ1) is 106. The lowest BCUT2D eigenvalue weighted by Crippen LogP contribution is -2.27. The maximum absolute atomic E-state index is 11.2. The van der Waals surface area contributed by atoms with Gasteiger partial charge in [0.25, 0.3) is 0 Å². The highest BCUT2D eigenvalue weighted by molar-refractivity contribution is 7.98. The van der Waals surface area contributed by atoms with Crippen LogP contribution in [0.25, 0.3) is 0 Å². The molecule has 0 spiro atoms. The van der Waals surface area contributed by atoms with Gasteiger partial charge in [-0.15, -0.1) is 0 Å². The first-order valence-electron chi connectivity index (χ1n) is 38.1. The average molecular weight is 1520 g/mol. The fourth-order valence-corrected chi connectivity index (χ4v) is 10.6. The van der Waals surface area contributed by atoms with Gasteiger partial charge in [0.1, 0.15) is 45.9 Å². The summed E-state index contributed by atoms with van der Waals surface area (Å²) in [5.74, 6) is 6.87. The second-order valence-corrected chi connectivity index (χ2v) is 27.9. The number of methoxy groups -OCH3 is 6. The molecule has 4 saturated carbocycles. The monoisotopic (exact) mass is 1520 g/mol. The van der Waals surface area contributed by atoms with Gasteiger partial charge < -0.3 is 42.6 Å². The van der Waals surface area contributed by atoms with Crippen LogP contribution in [0.1, 0.15) is 292 Å². The normalized spacial score (nSPS) is 14.7. The molecule has 4 aromatic rings. The van der Waals surface area contributed by atoms with Crippen molar-refractivity contribution < 1.29 is 85.8 Å². The van der Waals surface area contributed by atoms with Gasteiger partial charge in [-0.25, -0.2) is 0 Å². The third-order valence-electron chi connectivity index (χ3n) is 17.8. The van der Waals surface area contributed by atoms with Crippen molar-refractivity contribution in [1.29, 1.82) is 0 Å². The molecule has 107 heavy (non-hydrogen) atoms. The maximum Gasteiger partial charge on any atom is 0.302 e. The molecular formula is C88H142O18S. The minimum absolute atomic E-state index is 0.0399. The predicted molar refractivity (Wildman–Crippen MR) is 439 cm³/mol. The number of ketones is 8. The Hall–Kier alpha value is -7.22. The fraction of sp³-hybridized carbons (Fsp3) is 0.625. The highest BCUT2D eigenvalue weighted by atomic mass is 32.2. The van der Waals surface area contributed by atoms with Crippen LogP contribution in [-0.4, -0.2) is 139 Å². The van der Waals surface area contributed by atoms with Gasteiger partial charge in [0.05, 0.1) is 55.4 Å². The van der Waals surface area contributed by atoms with Crippen LogP contribution in [0.4, 0.5) is 0 Å². The van der Waals surface area contributed by atoms with Crippen molar-refractivity contribution in [2.24, 2.45) is 22.7 Å². The number of benzene rings is 4. The van der Waals surface area contributed by atoms with E-state index in [-0.39, 0.29) is 39.9 Å². The van der Waals surface area contributed by atoms with E-state index in [1.54, 1.807) is 110 Å². The molecule has 1 atom stereocenters. The molecular weight excluding hydrogens is 1380 g/mol. The van der Waals surface area contributed by atoms with Crippen molar-refractivity contribution in [3.63, 3.8) is 0 Å². The molecule has 0 N–H and O–H groups in total. The van der Waals surface area contributed by atoms with E-state index >= 15 is 0 Å². The molecule has 0 bridgehead atoms. The lowest BCUT2D eigenvalue weighted by atomic mass is 9.73. The Labute approximate surface area is 651 Å².